The Hall–Kier alpha value is -3.34. The molecule has 0 bridgehead atoms. The summed E-state index contributed by atoms with van der Waals surface area (Å²) >= 11 is 0. The fourth-order valence-corrected chi connectivity index (χ4v) is 2.59. The summed E-state index contributed by atoms with van der Waals surface area (Å²) in [6.07, 6.45) is 8.39. The van der Waals surface area contributed by atoms with E-state index >= 15 is 0 Å². The highest BCUT2D eigenvalue weighted by Gasteiger charge is 2.14. The fourth-order valence-electron chi connectivity index (χ4n) is 2.59. The van der Waals surface area contributed by atoms with E-state index in [0.29, 0.717) is 13.1 Å². The Kier molecular flexibility index (Phi) is 5.83. The molecule has 0 aliphatic rings. The molecule has 26 heavy (non-hydrogen) atoms. The number of rotatable bonds is 7. The van der Waals surface area contributed by atoms with E-state index in [1.165, 1.54) is 0 Å². The Morgan fingerprint density at radius 1 is 1.15 bits per heavy atom. The third kappa shape index (κ3) is 4.60. The average molecular weight is 348 g/mol. The number of benzene rings is 1. The van der Waals surface area contributed by atoms with E-state index in [9.17, 15) is 4.79 Å². The van der Waals surface area contributed by atoms with Gasteiger partial charge in [0.25, 0.3) is 0 Å². The quantitative estimate of drug-likeness (QED) is 0.607. The number of hydrogen-bond donors (Lipinski definition) is 0. The summed E-state index contributed by atoms with van der Waals surface area (Å²) in [4.78, 5) is 18.6. The third-order valence-electron chi connectivity index (χ3n) is 3.88. The van der Waals surface area contributed by atoms with E-state index in [0.717, 1.165) is 22.6 Å². The van der Waals surface area contributed by atoms with Crippen molar-refractivity contribution < 1.29 is 13.9 Å². The van der Waals surface area contributed by atoms with Gasteiger partial charge in [-0.05, 0) is 35.9 Å². The Morgan fingerprint density at radius 3 is 2.77 bits per heavy atom. The van der Waals surface area contributed by atoms with Crippen LogP contribution in [0, 0.1) is 0 Å². The van der Waals surface area contributed by atoms with Crippen molar-refractivity contribution in [3.63, 3.8) is 0 Å². The number of ether oxygens (including phenoxy) is 1. The molecule has 0 radical (unpaired) electrons. The number of nitrogens with zero attached hydrogens (tertiary/aromatic N) is 2. The van der Waals surface area contributed by atoms with E-state index in [-0.39, 0.29) is 5.91 Å². The summed E-state index contributed by atoms with van der Waals surface area (Å²) in [6, 6.07) is 15.0. The Labute approximate surface area is 152 Å². The van der Waals surface area contributed by atoms with Crippen LogP contribution in [-0.2, 0) is 17.9 Å². The maximum absolute atomic E-state index is 12.8. The molecule has 2 heterocycles. The highest BCUT2D eigenvalue weighted by Crippen LogP contribution is 2.19. The summed E-state index contributed by atoms with van der Waals surface area (Å²) in [5.74, 6) is 1.34. The molecule has 0 saturated heterocycles. The molecule has 1 amide bonds. The molecular weight excluding hydrogens is 328 g/mol. The third-order valence-corrected chi connectivity index (χ3v) is 3.88. The zero-order valence-corrected chi connectivity index (χ0v) is 14.5. The van der Waals surface area contributed by atoms with Gasteiger partial charge < -0.3 is 14.1 Å². The maximum Gasteiger partial charge on any atom is 0.247 e. The predicted molar refractivity (Wildman–Crippen MR) is 99.2 cm³/mol. The zero-order chi connectivity index (χ0) is 18.2. The molecule has 3 rings (SSSR count). The first-order chi connectivity index (χ1) is 12.8. The van der Waals surface area contributed by atoms with Gasteiger partial charge in [-0.15, -0.1) is 0 Å². The predicted octanol–water partition coefficient (Wildman–Crippen LogP) is 3.93. The standard InChI is InChI=1S/C21H20N2O3/c1-25-20-9-3-2-7-18(20)10-11-21(24)23(16-19-8-5-13-26-19)15-17-6-4-12-22-14-17/h2-14H,15-16H2,1H3. The molecule has 0 N–H and O–H groups in total. The number of carbonyl (C=O) groups is 1. The molecule has 1 aromatic carbocycles. The molecule has 0 aliphatic carbocycles. The fraction of sp³-hybridized carbons (Fsp3) is 0.143. The van der Waals surface area contributed by atoms with Crippen LogP contribution in [-0.4, -0.2) is 22.9 Å². The Balaban J connectivity index is 1.78. The van der Waals surface area contributed by atoms with Gasteiger partial charge in [-0.2, -0.15) is 0 Å². The highest BCUT2D eigenvalue weighted by atomic mass is 16.5. The molecule has 5 heteroatoms. The smallest absolute Gasteiger partial charge is 0.247 e. The SMILES string of the molecule is COc1ccccc1C=CC(=O)N(Cc1cccnc1)Cc1ccco1. The number of methoxy groups -OCH3 is 1. The van der Waals surface area contributed by atoms with Crippen LogP contribution in [0.2, 0.25) is 0 Å². The maximum atomic E-state index is 12.8. The van der Waals surface area contributed by atoms with Gasteiger partial charge in [0.15, 0.2) is 0 Å². The van der Waals surface area contributed by atoms with Crippen LogP contribution in [0.25, 0.3) is 6.08 Å². The van der Waals surface area contributed by atoms with Gasteiger partial charge in [0.1, 0.15) is 11.5 Å². The summed E-state index contributed by atoms with van der Waals surface area (Å²) in [5.41, 5.74) is 1.81. The topological polar surface area (TPSA) is 55.6 Å². The first-order valence-electron chi connectivity index (χ1n) is 8.27. The van der Waals surface area contributed by atoms with Crippen LogP contribution < -0.4 is 4.74 Å². The van der Waals surface area contributed by atoms with E-state index < -0.39 is 0 Å². The van der Waals surface area contributed by atoms with Gasteiger partial charge in [-0.3, -0.25) is 9.78 Å². The number of aromatic nitrogens is 1. The summed E-state index contributed by atoms with van der Waals surface area (Å²) in [5, 5.41) is 0. The normalized spacial score (nSPS) is 10.8. The zero-order valence-electron chi connectivity index (χ0n) is 14.5. The molecule has 132 valence electrons. The number of carbonyl (C=O) groups excluding carboxylic acids is 1. The average Bonchev–Trinajstić information content (AvgIpc) is 3.20. The van der Waals surface area contributed by atoms with Crippen LogP contribution in [0.5, 0.6) is 5.75 Å². The van der Waals surface area contributed by atoms with Crippen LogP contribution >= 0.6 is 0 Å². The van der Waals surface area contributed by atoms with Crippen molar-refractivity contribution >= 4 is 12.0 Å². The van der Waals surface area contributed by atoms with Crippen molar-refractivity contribution in [3.8, 4) is 5.75 Å². The second-order valence-electron chi connectivity index (χ2n) is 5.71. The lowest BCUT2D eigenvalue weighted by Crippen LogP contribution is -2.28. The van der Waals surface area contributed by atoms with Crippen LogP contribution in [0.4, 0.5) is 0 Å². The minimum absolute atomic E-state index is 0.115. The number of hydrogen-bond acceptors (Lipinski definition) is 4. The summed E-state index contributed by atoms with van der Waals surface area (Å²) in [7, 11) is 1.61. The lowest BCUT2D eigenvalue weighted by molar-refractivity contribution is -0.127. The van der Waals surface area contributed by atoms with Crippen molar-refractivity contribution in [1.29, 1.82) is 0 Å². The van der Waals surface area contributed by atoms with Gasteiger partial charge in [0, 0.05) is 30.6 Å². The van der Waals surface area contributed by atoms with Crippen molar-refractivity contribution in [2.75, 3.05) is 7.11 Å². The molecule has 0 aliphatic heterocycles. The van der Waals surface area contributed by atoms with E-state index in [4.69, 9.17) is 9.15 Å². The molecule has 0 saturated carbocycles. The minimum atomic E-state index is -0.115. The molecule has 3 aromatic rings. The molecular formula is C21H20N2O3. The van der Waals surface area contributed by atoms with E-state index in [1.807, 2.05) is 48.5 Å². The number of furan rings is 1. The van der Waals surface area contributed by atoms with E-state index in [2.05, 4.69) is 4.98 Å². The number of pyridine rings is 1. The molecule has 0 unspecified atom stereocenters. The molecule has 5 nitrogen and oxygen atoms in total. The number of amides is 1. The Bertz CT molecular complexity index is 858. The van der Waals surface area contributed by atoms with E-state index in [1.54, 1.807) is 42.8 Å². The minimum Gasteiger partial charge on any atom is -0.496 e. The molecule has 2 aromatic heterocycles. The van der Waals surface area contributed by atoms with Crippen molar-refractivity contribution in [1.82, 2.24) is 9.88 Å². The second kappa shape index (κ2) is 8.67. The van der Waals surface area contributed by atoms with Crippen molar-refractivity contribution in [2.45, 2.75) is 13.1 Å². The van der Waals surface area contributed by atoms with Gasteiger partial charge in [-0.25, -0.2) is 0 Å². The van der Waals surface area contributed by atoms with Crippen molar-refractivity contribution in [3.05, 3.63) is 90.2 Å². The molecule has 0 spiro atoms. The van der Waals surface area contributed by atoms with Crippen LogP contribution in [0.15, 0.2) is 77.7 Å². The van der Waals surface area contributed by atoms with Gasteiger partial charge in [0.05, 0.1) is 19.9 Å². The summed E-state index contributed by atoms with van der Waals surface area (Å²) in [6.45, 7) is 0.834. The van der Waals surface area contributed by atoms with Crippen LogP contribution in [0.1, 0.15) is 16.9 Å². The monoisotopic (exact) mass is 348 g/mol. The Morgan fingerprint density at radius 2 is 2.04 bits per heavy atom. The first kappa shape index (κ1) is 17.5. The lowest BCUT2D eigenvalue weighted by Gasteiger charge is -2.20. The van der Waals surface area contributed by atoms with Crippen LogP contribution in [0.3, 0.4) is 0 Å². The lowest BCUT2D eigenvalue weighted by atomic mass is 10.2. The first-order valence-corrected chi connectivity index (χ1v) is 8.27. The van der Waals surface area contributed by atoms with Gasteiger partial charge >= 0.3 is 0 Å². The second-order valence-corrected chi connectivity index (χ2v) is 5.71. The molecule has 0 fully saturated rings. The molecule has 0 atom stereocenters. The largest absolute Gasteiger partial charge is 0.496 e. The highest BCUT2D eigenvalue weighted by molar-refractivity contribution is 5.92. The summed E-state index contributed by atoms with van der Waals surface area (Å²) < 4.78 is 10.7. The van der Waals surface area contributed by atoms with Crippen molar-refractivity contribution in [2.24, 2.45) is 0 Å². The number of para-hydroxylation sites is 1. The van der Waals surface area contributed by atoms with Gasteiger partial charge in [-0.1, -0.05) is 24.3 Å². The van der Waals surface area contributed by atoms with Gasteiger partial charge in [0.2, 0.25) is 5.91 Å².